The predicted octanol–water partition coefficient (Wildman–Crippen LogP) is 2.26. The first-order valence-electron chi connectivity index (χ1n) is 8.78. The van der Waals surface area contributed by atoms with E-state index in [1.165, 1.54) is 7.11 Å². The number of fused-ring (bicyclic) bond motifs is 1. The van der Waals surface area contributed by atoms with Crippen LogP contribution in [0.4, 0.5) is 10.5 Å². The third-order valence-corrected chi connectivity index (χ3v) is 3.86. The van der Waals surface area contributed by atoms with Gasteiger partial charge in [-0.2, -0.15) is 0 Å². The van der Waals surface area contributed by atoms with E-state index >= 15 is 0 Å². The number of rotatable bonds is 6. The molecule has 148 valence electrons. The van der Waals surface area contributed by atoms with Crippen molar-refractivity contribution in [2.75, 3.05) is 25.6 Å². The number of carbonyl (C=O) groups is 3. The molecule has 2 N–H and O–H groups in total. The molecule has 2 amide bonds. The number of benzene rings is 1. The fourth-order valence-electron chi connectivity index (χ4n) is 2.62. The maximum atomic E-state index is 12.1. The Morgan fingerprint density at radius 1 is 1.30 bits per heavy atom. The van der Waals surface area contributed by atoms with Crippen LogP contribution in [0.3, 0.4) is 0 Å². The van der Waals surface area contributed by atoms with Gasteiger partial charge in [-0.15, -0.1) is 0 Å². The summed E-state index contributed by atoms with van der Waals surface area (Å²) in [5, 5.41) is 5.41. The molecule has 1 unspecified atom stereocenters. The Morgan fingerprint density at radius 3 is 2.70 bits per heavy atom. The van der Waals surface area contributed by atoms with E-state index in [-0.39, 0.29) is 18.9 Å². The van der Waals surface area contributed by atoms with Crippen molar-refractivity contribution in [2.45, 2.75) is 39.2 Å². The van der Waals surface area contributed by atoms with Crippen molar-refractivity contribution in [3.05, 3.63) is 23.8 Å². The van der Waals surface area contributed by atoms with Crippen molar-refractivity contribution in [3.63, 3.8) is 0 Å². The van der Waals surface area contributed by atoms with E-state index in [0.29, 0.717) is 24.4 Å². The number of alkyl carbamates (subject to hydrolysis) is 1. The fourth-order valence-corrected chi connectivity index (χ4v) is 2.62. The Morgan fingerprint density at radius 2 is 2.04 bits per heavy atom. The van der Waals surface area contributed by atoms with Gasteiger partial charge in [0.15, 0.2) is 0 Å². The van der Waals surface area contributed by atoms with Crippen molar-refractivity contribution in [1.82, 2.24) is 5.32 Å². The number of hydrogen-bond acceptors (Lipinski definition) is 6. The molecule has 1 aliphatic heterocycles. The molecular weight excluding hydrogens is 352 g/mol. The highest BCUT2D eigenvalue weighted by molar-refractivity contribution is 5.97. The summed E-state index contributed by atoms with van der Waals surface area (Å²) in [4.78, 5) is 35.1. The van der Waals surface area contributed by atoms with Gasteiger partial charge in [0.2, 0.25) is 5.91 Å². The van der Waals surface area contributed by atoms with Crippen molar-refractivity contribution in [1.29, 1.82) is 0 Å². The molecule has 8 nitrogen and oxygen atoms in total. The summed E-state index contributed by atoms with van der Waals surface area (Å²) in [5.41, 5.74) is 1.05. The van der Waals surface area contributed by atoms with Crippen LogP contribution in [0.1, 0.15) is 32.8 Å². The van der Waals surface area contributed by atoms with Gasteiger partial charge in [0.25, 0.3) is 0 Å². The molecule has 0 aromatic heterocycles. The topological polar surface area (TPSA) is 103 Å². The van der Waals surface area contributed by atoms with Crippen molar-refractivity contribution in [3.8, 4) is 5.75 Å². The van der Waals surface area contributed by atoms with Crippen LogP contribution in [0.25, 0.3) is 0 Å². The summed E-state index contributed by atoms with van der Waals surface area (Å²) in [6.07, 6.45) is 0.0214. The van der Waals surface area contributed by atoms with Gasteiger partial charge >= 0.3 is 12.1 Å². The van der Waals surface area contributed by atoms with Gasteiger partial charge in [-0.25, -0.2) is 4.79 Å². The number of ether oxygens (including phenoxy) is 3. The van der Waals surface area contributed by atoms with Gasteiger partial charge in [0.05, 0.1) is 26.0 Å². The average molecular weight is 378 g/mol. The number of esters is 1. The third-order valence-electron chi connectivity index (χ3n) is 3.86. The quantitative estimate of drug-likeness (QED) is 0.581. The molecule has 1 aromatic rings. The lowest BCUT2D eigenvalue weighted by Crippen LogP contribution is -2.34. The van der Waals surface area contributed by atoms with Crippen LogP contribution < -0.4 is 15.4 Å². The Labute approximate surface area is 158 Å². The van der Waals surface area contributed by atoms with Gasteiger partial charge in [0.1, 0.15) is 18.0 Å². The van der Waals surface area contributed by atoms with E-state index in [2.05, 4.69) is 15.4 Å². The predicted molar refractivity (Wildman–Crippen MR) is 98.6 cm³/mol. The maximum Gasteiger partial charge on any atom is 0.407 e. The minimum Gasteiger partial charge on any atom is -0.492 e. The Hall–Kier alpha value is -2.77. The molecule has 0 radical (unpaired) electrons. The molecule has 1 aliphatic rings. The van der Waals surface area contributed by atoms with Crippen molar-refractivity contribution in [2.24, 2.45) is 5.92 Å². The zero-order chi connectivity index (χ0) is 20.0. The number of anilines is 1. The first-order valence-corrected chi connectivity index (χ1v) is 8.78. The smallest absolute Gasteiger partial charge is 0.407 e. The summed E-state index contributed by atoms with van der Waals surface area (Å²) >= 11 is 0. The van der Waals surface area contributed by atoms with Crippen LogP contribution in [0.2, 0.25) is 0 Å². The zero-order valence-electron chi connectivity index (χ0n) is 16.1. The van der Waals surface area contributed by atoms with E-state index < -0.39 is 23.6 Å². The standard InChI is InChI=1S/C19H26N2O6/c1-19(2,3)27-18(24)20-7-8-26-14-6-5-12-9-13(10-16(22)25-4)17(23)21-15(12)11-14/h5-6,11,13H,7-10H2,1-4H3,(H,20,24)(H,21,23). The third kappa shape index (κ3) is 6.47. The van der Waals surface area contributed by atoms with Gasteiger partial charge < -0.3 is 24.8 Å². The molecule has 0 bridgehead atoms. The van der Waals surface area contributed by atoms with Crippen LogP contribution in [-0.4, -0.2) is 43.8 Å². The van der Waals surface area contributed by atoms with Crippen LogP contribution in [-0.2, 0) is 25.5 Å². The van der Waals surface area contributed by atoms with E-state index in [4.69, 9.17) is 9.47 Å². The van der Waals surface area contributed by atoms with Crippen LogP contribution >= 0.6 is 0 Å². The molecular formula is C19H26N2O6. The Kier molecular flexibility index (Phi) is 6.65. The Balaban J connectivity index is 1.85. The maximum absolute atomic E-state index is 12.1. The van der Waals surface area contributed by atoms with Gasteiger partial charge in [-0.05, 0) is 38.8 Å². The number of hydrogen-bond donors (Lipinski definition) is 2. The van der Waals surface area contributed by atoms with Crippen LogP contribution in [0.5, 0.6) is 5.75 Å². The fraction of sp³-hybridized carbons (Fsp3) is 0.526. The largest absolute Gasteiger partial charge is 0.492 e. The normalized spacial score (nSPS) is 16.0. The van der Waals surface area contributed by atoms with Gasteiger partial charge in [-0.1, -0.05) is 6.07 Å². The summed E-state index contributed by atoms with van der Waals surface area (Å²) < 4.78 is 15.4. The zero-order valence-corrected chi connectivity index (χ0v) is 16.1. The summed E-state index contributed by atoms with van der Waals surface area (Å²) in [6, 6.07) is 5.38. The number of amides is 2. The molecule has 0 fully saturated rings. The first kappa shape index (κ1) is 20.5. The molecule has 2 rings (SSSR count). The first-order chi connectivity index (χ1) is 12.7. The molecule has 0 saturated carbocycles. The minimum absolute atomic E-state index is 0.0519. The van der Waals surface area contributed by atoms with Crippen LogP contribution in [0.15, 0.2) is 18.2 Å². The molecule has 0 spiro atoms. The summed E-state index contributed by atoms with van der Waals surface area (Å²) in [6.45, 7) is 5.93. The molecule has 1 aromatic carbocycles. The van der Waals surface area contributed by atoms with Crippen LogP contribution in [0, 0.1) is 5.92 Å². The van der Waals surface area contributed by atoms with E-state index in [9.17, 15) is 14.4 Å². The average Bonchev–Trinajstić information content (AvgIpc) is 2.57. The molecule has 1 heterocycles. The van der Waals surface area contributed by atoms with E-state index in [1.54, 1.807) is 32.9 Å². The number of carbonyl (C=O) groups excluding carboxylic acids is 3. The minimum atomic E-state index is -0.548. The molecule has 0 aliphatic carbocycles. The number of nitrogens with one attached hydrogen (secondary N) is 2. The van der Waals surface area contributed by atoms with Gasteiger partial charge in [-0.3, -0.25) is 9.59 Å². The highest BCUT2D eigenvalue weighted by Gasteiger charge is 2.28. The van der Waals surface area contributed by atoms with E-state index in [1.807, 2.05) is 6.07 Å². The molecule has 0 saturated heterocycles. The highest BCUT2D eigenvalue weighted by atomic mass is 16.6. The monoisotopic (exact) mass is 378 g/mol. The SMILES string of the molecule is COC(=O)CC1Cc2ccc(OCCNC(=O)OC(C)(C)C)cc2NC1=O. The van der Waals surface area contributed by atoms with E-state index in [0.717, 1.165) is 5.56 Å². The molecule has 8 heteroatoms. The van der Waals surface area contributed by atoms with Crippen molar-refractivity contribution >= 4 is 23.7 Å². The lowest BCUT2D eigenvalue weighted by atomic mass is 9.90. The Bertz CT molecular complexity index is 711. The second-order valence-corrected chi connectivity index (χ2v) is 7.27. The second kappa shape index (κ2) is 8.75. The molecule has 27 heavy (non-hydrogen) atoms. The number of methoxy groups -OCH3 is 1. The summed E-state index contributed by atoms with van der Waals surface area (Å²) in [7, 11) is 1.30. The van der Waals surface area contributed by atoms with Crippen molar-refractivity contribution < 1.29 is 28.6 Å². The highest BCUT2D eigenvalue weighted by Crippen LogP contribution is 2.30. The lowest BCUT2D eigenvalue weighted by molar-refractivity contribution is -0.143. The van der Waals surface area contributed by atoms with Gasteiger partial charge in [0, 0.05) is 11.8 Å². The lowest BCUT2D eigenvalue weighted by Gasteiger charge is -2.24. The molecule has 1 atom stereocenters. The summed E-state index contributed by atoms with van der Waals surface area (Å²) in [5.74, 6) is -0.478. The second-order valence-electron chi connectivity index (χ2n) is 7.27.